The van der Waals surface area contributed by atoms with E-state index in [4.69, 9.17) is 5.73 Å². The molecular formula is C16H34N2O2S. The van der Waals surface area contributed by atoms with Gasteiger partial charge in [-0.3, -0.25) is 0 Å². The van der Waals surface area contributed by atoms with E-state index in [-0.39, 0.29) is 17.8 Å². The molecule has 0 heterocycles. The third-order valence-electron chi connectivity index (χ3n) is 4.38. The van der Waals surface area contributed by atoms with Crippen LogP contribution in [0.1, 0.15) is 84.0 Å². The molecule has 1 saturated carbocycles. The van der Waals surface area contributed by atoms with Gasteiger partial charge in [0, 0.05) is 12.1 Å². The summed E-state index contributed by atoms with van der Waals surface area (Å²) in [6.45, 7) is 2.22. The van der Waals surface area contributed by atoms with Gasteiger partial charge in [0.05, 0.1) is 5.75 Å². The molecule has 5 heteroatoms. The Bertz CT molecular complexity index is 349. The van der Waals surface area contributed by atoms with E-state index in [1.165, 1.54) is 32.1 Å². The first-order chi connectivity index (χ1) is 10.0. The van der Waals surface area contributed by atoms with Gasteiger partial charge in [0.25, 0.3) is 0 Å². The summed E-state index contributed by atoms with van der Waals surface area (Å²) in [7, 11) is -3.09. The topological polar surface area (TPSA) is 72.2 Å². The van der Waals surface area contributed by atoms with Gasteiger partial charge in [0.2, 0.25) is 10.0 Å². The van der Waals surface area contributed by atoms with Crippen LogP contribution in [-0.4, -0.2) is 26.3 Å². The number of nitrogens with two attached hydrogens (primary N) is 1. The van der Waals surface area contributed by atoms with Crippen LogP contribution < -0.4 is 10.5 Å². The monoisotopic (exact) mass is 318 g/mol. The van der Waals surface area contributed by atoms with E-state index in [1.54, 1.807) is 0 Å². The van der Waals surface area contributed by atoms with Crippen LogP contribution in [0.3, 0.4) is 0 Å². The van der Waals surface area contributed by atoms with Gasteiger partial charge < -0.3 is 5.73 Å². The van der Waals surface area contributed by atoms with Crippen molar-refractivity contribution >= 4 is 10.0 Å². The number of nitrogens with one attached hydrogen (secondary N) is 1. The molecule has 1 rings (SSSR count). The highest BCUT2D eigenvalue weighted by atomic mass is 32.2. The summed E-state index contributed by atoms with van der Waals surface area (Å²) in [5.74, 6) is 0.282. The first-order valence-corrected chi connectivity index (χ1v) is 10.4. The van der Waals surface area contributed by atoms with Crippen LogP contribution in [0.5, 0.6) is 0 Å². The van der Waals surface area contributed by atoms with Crippen LogP contribution in [0.25, 0.3) is 0 Å². The first-order valence-electron chi connectivity index (χ1n) is 8.79. The quantitative estimate of drug-likeness (QED) is 0.574. The summed E-state index contributed by atoms with van der Waals surface area (Å²) in [6, 6.07) is 0.377. The van der Waals surface area contributed by atoms with Crippen LogP contribution in [0.2, 0.25) is 0 Å². The molecule has 1 fully saturated rings. The summed E-state index contributed by atoms with van der Waals surface area (Å²) >= 11 is 0. The van der Waals surface area contributed by atoms with Crippen molar-refractivity contribution in [3.05, 3.63) is 0 Å². The third kappa shape index (κ3) is 9.48. The third-order valence-corrected chi connectivity index (χ3v) is 5.90. The molecule has 0 aliphatic heterocycles. The normalized spacial score (nSPS) is 23.3. The average molecular weight is 319 g/mol. The lowest BCUT2D eigenvalue weighted by Crippen LogP contribution is -2.41. The number of sulfonamides is 1. The highest BCUT2D eigenvalue weighted by Crippen LogP contribution is 2.18. The van der Waals surface area contributed by atoms with Gasteiger partial charge in [-0.2, -0.15) is 0 Å². The van der Waals surface area contributed by atoms with Gasteiger partial charge in [0.15, 0.2) is 0 Å². The van der Waals surface area contributed by atoms with E-state index in [2.05, 4.69) is 11.6 Å². The Labute approximate surface area is 131 Å². The van der Waals surface area contributed by atoms with Crippen molar-refractivity contribution in [1.29, 1.82) is 0 Å². The van der Waals surface area contributed by atoms with Crippen molar-refractivity contribution in [2.24, 2.45) is 5.73 Å². The second kappa shape index (κ2) is 10.6. The van der Waals surface area contributed by atoms with E-state index in [9.17, 15) is 8.42 Å². The lowest BCUT2D eigenvalue weighted by molar-refractivity contribution is 0.373. The molecule has 0 radical (unpaired) electrons. The van der Waals surface area contributed by atoms with Crippen molar-refractivity contribution in [1.82, 2.24) is 4.72 Å². The average Bonchev–Trinajstić information content (AvgIpc) is 2.44. The molecule has 0 spiro atoms. The first kappa shape index (κ1) is 18.9. The van der Waals surface area contributed by atoms with E-state index in [0.29, 0.717) is 0 Å². The standard InChI is InChI=1S/C16H34N2O2S/c1-2-3-4-5-6-7-8-9-14-21(19,20)18-16-12-10-15(17)11-13-16/h15-16,18H,2-14,17H2,1H3. The Morgan fingerprint density at radius 2 is 1.43 bits per heavy atom. The fourth-order valence-electron chi connectivity index (χ4n) is 2.98. The Morgan fingerprint density at radius 3 is 2.00 bits per heavy atom. The Hall–Kier alpha value is -0.130. The van der Waals surface area contributed by atoms with E-state index in [1.807, 2.05) is 0 Å². The van der Waals surface area contributed by atoms with Crippen molar-refractivity contribution in [2.75, 3.05) is 5.75 Å². The largest absolute Gasteiger partial charge is 0.328 e. The minimum Gasteiger partial charge on any atom is -0.328 e. The number of unbranched alkanes of at least 4 members (excludes halogenated alkanes) is 7. The second-order valence-corrected chi connectivity index (χ2v) is 8.40. The van der Waals surface area contributed by atoms with Gasteiger partial charge >= 0.3 is 0 Å². The molecule has 0 aromatic rings. The zero-order valence-corrected chi connectivity index (χ0v) is 14.5. The van der Waals surface area contributed by atoms with Crippen molar-refractivity contribution in [3.8, 4) is 0 Å². The summed E-state index contributed by atoms with van der Waals surface area (Å²) < 4.78 is 26.9. The molecule has 0 atom stereocenters. The van der Waals surface area contributed by atoms with Crippen LogP contribution >= 0.6 is 0 Å². The summed E-state index contributed by atoms with van der Waals surface area (Å²) in [6.07, 6.45) is 13.1. The maximum absolute atomic E-state index is 12.0. The van der Waals surface area contributed by atoms with Crippen molar-refractivity contribution in [2.45, 2.75) is 96.1 Å². The highest BCUT2D eigenvalue weighted by molar-refractivity contribution is 7.89. The van der Waals surface area contributed by atoms with Gasteiger partial charge in [-0.05, 0) is 32.1 Å². The Balaban J connectivity index is 2.04. The van der Waals surface area contributed by atoms with Crippen LogP contribution in [0, 0.1) is 0 Å². The van der Waals surface area contributed by atoms with Gasteiger partial charge in [-0.15, -0.1) is 0 Å². The molecule has 1 aliphatic carbocycles. The number of rotatable bonds is 11. The molecule has 21 heavy (non-hydrogen) atoms. The fourth-order valence-corrected chi connectivity index (χ4v) is 4.42. The maximum atomic E-state index is 12.0. The second-order valence-electron chi connectivity index (χ2n) is 6.52. The van der Waals surface area contributed by atoms with Crippen molar-refractivity contribution < 1.29 is 8.42 Å². The molecule has 4 nitrogen and oxygen atoms in total. The zero-order valence-electron chi connectivity index (χ0n) is 13.6. The van der Waals surface area contributed by atoms with E-state index < -0.39 is 10.0 Å². The SMILES string of the molecule is CCCCCCCCCCS(=O)(=O)NC1CCC(N)CC1. The van der Waals surface area contributed by atoms with Crippen LogP contribution in [-0.2, 0) is 10.0 Å². The minimum atomic E-state index is -3.09. The fraction of sp³-hybridized carbons (Fsp3) is 1.00. The molecule has 1 aliphatic rings. The predicted octanol–water partition coefficient (Wildman–Crippen LogP) is 3.32. The lowest BCUT2D eigenvalue weighted by Gasteiger charge is -2.26. The minimum absolute atomic E-state index is 0.115. The van der Waals surface area contributed by atoms with Gasteiger partial charge in [-0.1, -0.05) is 51.9 Å². The summed E-state index contributed by atoms with van der Waals surface area (Å²) in [5, 5.41) is 0. The predicted molar refractivity (Wildman–Crippen MR) is 89.8 cm³/mol. The molecule has 0 saturated heterocycles. The molecule has 3 N–H and O–H groups in total. The van der Waals surface area contributed by atoms with Crippen LogP contribution in [0.15, 0.2) is 0 Å². The van der Waals surface area contributed by atoms with Crippen LogP contribution in [0.4, 0.5) is 0 Å². The molecule has 0 bridgehead atoms. The molecule has 0 aromatic heterocycles. The molecule has 0 unspecified atom stereocenters. The smallest absolute Gasteiger partial charge is 0.211 e. The summed E-state index contributed by atoms with van der Waals surface area (Å²) in [5.41, 5.74) is 5.84. The van der Waals surface area contributed by atoms with Crippen molar-refractivity contribution in [3.63, 3.8) is 0 Å². The molecule has 0 aromatic carbocycles. The Kier molecular flexibility index (Phi) is 9.52. The highest BCUT2D eigenvalue weighted by Gasteiger charge is 2.22. The van der Waals surface area contributed by atoms with Gasteiger partial charge in [-0.25, -0.2) is 13.1 Å². The summed E-state index contributed by atoms with van der Waals surface area (Å²) in [4.78, 5) is 0. The van der Waals surface area contributed by atoms with Gasteiger partial charge in [0.1, 0.15) is 0 Å². The molecular weight excluding hydrogens is 284 g/mol. The molecule has 126 valence electrons. The Morgan fingerprint density at radius 1 is 0.905 bits per heavy atom. The number of hydrogen-bond acceptors (Lipinski definition) is 3. The maximum Gasteiger partial charge on any atom is 0.211 e. The van der Waals surface area contributed by atoms with E-state index >= 15 is 0 Å². The molecule has 0 amide bonds. The lowest BCUT2D eigenvalue weighted by atomic mass is 9.93. The van der Waals surface area contributed by atoms with E-state index in [0.717, 1.165) is 44.9 Å². The number of hydrogen-bond donors (Lipinski definition) is 2. The zero-order chi connectivity index (χ0) is 15.6.